The highest BCUT2D eigenvalue weighted by atomic mass is 16.5. The van der Waals surface area contributed by atoms with E-state index in [1.54, 1.807) is 7.11 Å². The summed E-state index contributed by atoms with van der Waals surface area (Å²) in [7, 11) is 1.69. The van der Waals surface area contributed by atoms with Crippen LogP contribution in [-0.2, 0) is 9.53 Å². The van der Waals surface area contributed by atoms with Crippen molar-refractivity contribution in [2.45, 2.75) is 59.0 Å². The number of ether oxygens (including phenoxy) is 1. The number of carbonyl (C=O) groups excluding carboxylic acids is 1. The molecule has 0 aromatic rings. The third-order valence-corrected chi connectivity index (χ3v) is 4.20. The normalized spacial score (nSPS) is 35.1. The van der Waals surface area contributed by atoms with Crippen molar-refractivity contribution < 1.29 is 9.53 Å². The zero-order valence-corrected chi connectivity index (χ0v) is 10.7. The van der Waals surface area contributed by atoms with E-state index in [2.05, 4.69) is 20.8 Å². The summed E-state index contributed by atoms with van der Waals surface area (Å²) in [4.78, 5) is 12.2. The van der Waals surface area contributed by atoms with E-state index < -0.39 is 5.60 Å². The fourth-order valence-corrected chi connectivity index (χ4v) is 3.41. The van der Waals surface area contributed by atoms with Crippen LogP contribution in [-0.4, -0.2) is 18.5 Å². The van der Waals surface area contributed by atoms with E-state index >= 15 is 0 Å². The van der Waals surface area contributed by atoms with Gasteiger partial charge in [-0.3, -0.25) is 4.79 Å². The Kier molecular flexibility index (Phi) is 3.59. The standard InChI is InChI=1S/C13H24O2/c1-6-11(14)13(15-5)10(2)8-7-9-12(13,3)4/h10H,6-9H2,1-5H3. The van der Waals surface area contributed by atoms with Gasteiger partial charge >= 0.3 is 0 Å². The Bertz CT molecular complexity index is 245. The van der Waals surface area contributed by atoms with Crippen LogP contribution in [0.5, 0.6) is 0 Å². The van der Waals surface area contributed by atoms with E-state index in [-0.39, 0.29) is 11.2 Å². The second-order valence-electron chi connectivity index (χ2n) is 5.39. The molecular formula is C13H24O2. The lowest BCUT2D eigenvalue weighted by Gasteiger charge is -2.51. The third kappa shape index (κ3) is 1.73. The van der Waals surface area contributed by atoms with Gasteiger partial charge in [0.15, 0.2) is 5.78 Å². The third-order valence-electron chi connectivity index (χ3n) is 4.20. The molecule has 0 amide bonds. The summed E-state index contributed by atoms with van der Waals surface area (Å²) in [6.45, 7) is 8.41. The summed E-state index contributed by atoms with van der Waals surface area (Å²) in [5.74, 6) is 0.598. The van der Waals surface area contributed by atoms with E-state index in [1.165, 1.54) is 6.42 Å². The summed E-state index contributed by atoms with van der Waals surface area (Å²) in [6.07, 6.45) is 3.96. The lowest BCUT2D eigenvalue weighted by molar-refractivity contribution is -0.179. The largest absolute Gasteiger partial charge is 0.370 e. The van der Waals surface area contributed by atoms with Crippen molar-refractivity contribution in [2.24, 2.45) is 11.3 Å². The molecule has 0 bridgehead atoms. The number of hydrogen-bond acceptors (Lipinski definition) is 2. The average Bonchev–Trinajstić information content (AvgIpc) is 2.17. The van der Waals surface area contributed by atoms with Gasteiger partial charge in [-0.15, -0.1) is 0 Å². The second-order valence-corrected chi connectivity index (χ2v) is 5.39. The molecule has 15 heavy (non-hydrogen) atoms. The number of carbonyl (C=O) groups is 1. The van der Waals surface area contributed by atoms with E-state index in [1.807, 2.05) is 6.92 Å². The first-order valence-corrected chi connectivity index (χ1v) is 6.00. The Balaban J connectivity index is 3.15. The second kappa shape index (κ2) is 4.25. The molecule has 0 saturated heterocycles. The summed E-state index contributed by atoms with van der Waals surface area (Å²) in [6, 6.07) is 0. The molecule has 0 aromatic heterocycles. The molecule has 2 nitrogen and oxygen atoms in total. The fraction of sp³-hybridized carbons (Fsp3) is 0.923. The van der Waals surface area contributed by atoms with Crippen molar-refractivity contribution in [1.29, 1.82) is 0 Å². The maximum Gasteiger partial charge on any atom is 0.165 e. The van der Waals surface area contributed by atoms with Crippen LogP contribution >= 0.6 is 0 Å². The molecule has 1 rings (SSSR count). The maximum atomic E-state index is 12.2. The molecule has 88 valence electrons. The molecule has 0 aliphatic heterocycles. The highest BCUT2D eigenvalue weighted by Crippen LogP contribution is 2.50. The minimum atomic E-state index is -0.556. The highest BCUT2D eigenvalue weighted by Gasteiger charge is 2.55. The molecule has 2 unspecified atom stereocenters. The van der Waals surface area contributed by atoms with Gasteiger partial charge in [-0.25, -0.2) is 0 Å². The predicted octanol–water partition coefficient (Wildman–Crippen LogP) is 3.20. The first-order valence-electron chi connectivity index (χ1n) is 6.00. The van der Waals surface area contributed by atoms with Gasteiger partial charge in [0, 0.05) is 18.9 Å². The number of rotatable bonds is 3. The number of methoxy groups -OCH3 is 1. The minimum Gasteiger partial charge on any atom is -0.370 e. The van der Waals surface area contributed by atoms with E-state index in [0.29, 0.717) is 12.3 Å². The molecule has 1 aliphatic rings. The molecule has 2 heteroatoms. The van der Waals surface area contributed by atoms with E-state index in [0.717, 1.165) is 12.8 Å². The van der Waals surface area contributed by atoms with E-state index in [4.69, 9.17) is 4.74 Å². The van der Waals surface area contributed by atoms with Crippen LogP contribution in [0.15, 0.2) is 0 Å². The molecule has 0 N–H and O–H groups in total. The first kappa shape index (κ1) is 12.7. The minimum absolute atomic E-state index is 0.0352. The van der Waals surface area contributed by atoms with Crippen molar-refractivity contribution in [3.05, 3.63) is 0 Å². The smallest absolute Gasteiger partial charge is 0.165 e. The van der Waals surface area contributed by atoms with Crippen molar-refractivity contribution in [2.75, 3.05) is 7.11 Å². The molecule has 2 atom stereocenters. The number of hydrogen-bond donors (Lipinski definition) is 0. The molecule has 1 fully saturated rings. The van der Waals surface area contributed by atoms with Crippen LogP contribution in [0.25, 0.3) is 0 Å². The quantitative estimate of drug-likeness (QED) is 0.718. The zero-order valence-electron chi connectivity index (χ0n) is 10.7. The number of Topliss-reactive ketones (excluding diaryl/α,β-unsaturated/α-hetero) is 1. The Hall–Kier alpha value is -0.370. The topological polar surface area (TPSA) is 26.3 Å². The van der Waals surface area contributed by atoms with Gasteiger partial charge in [0.2, 0.25) is 0 Å². The summed E-state index contributed by atoms with van der Waals surface area (Å²) in [5, 5.41) is 0. The van der Waals surface area contributed by atoms with Crippen LogP contribution in [0.1, 0.15) is 53.4 Å². The average molecular weight is 212 g/mol. The van der Waals surface area contributed by atoms with Gasteiger partial charge in [0.25, 0.3) is 0 Å². The Labute approximate surface area is 93.4 Å². The lowest BCUT2D eigenvalue weighted by Crippen LogP contribution is -2.59. The molecule has 1 saturated carbocycles. The highest BCUT2D eigenvalue weighted by molar-refractivity contribution is 5.88. The summed E-state index contributed by atoms with van der Waals surface area (Å²) < 4.78 is 5.71. The molecule has 0 heterocycles. The van der Waals surface area contributed by atoms with Crippen LogP contribution in [0.4, 0.5) is 0 Å². The van der Waals surface area contributed by atoms with Crippen molar-refractivity contribution in [3.63, 3.8) is 0 Å². The molecule has 0 aromatic carbocycles. The van der Waals surface area contributed by atoms with Gasteiger partial charge in [0.05, 0.1) is 0 Å². The first-order chi connectivity index (χ1) is 6.92. The lowest BCUT2D eigenvalue weighted by atomic mass is 9.58. The van der Waals surface area contributed by atoms with Gasteiger partial charge in [0.1, 0.15) is 5.60 Å². The van der Waals surface area contributed by atoms with Crippen molar-refractivity contribution in [3.8, 4) is 0 Å². The molecule has 1 aliphatic carbocycles. The SMILES string of the molecule is CCC(=O)C1(OC)C(C)CCCC1(C)C. The van der Waals surface area contributed by atoms with Gasteiger partial charge in [-0.1, -0.05) is 34.1 Å². The van der Waals surface area contributed by atoms with Gasteiger partial charge < -0.3 is 4.74 Å². The zero-order chi connectivity index (χ0) is 11.7. The Morgan fingerprint density at radius 2 is 2.07 bits per heavy atom. The molecule has 0 spiro atoms. The molecule has 0 radical (unpaired) electrons. The maximum absolute atomic E-state index is 12.2. The van der Waals surface area contributed by atoms with Crippen LogP contribution in [0.2, 0.25) is 0 Å². The van der Waals surface area contributed by atoms with Gasteiger partial charge in [-0.05, 0) is 18.8 Å². The van der Waals surface area contributed by atoms with Gasteiger partial charge in [-0.2, -0.15) is 0 Å². The summed E-state index contributed by atoms with van der Waals surface area (Å²) >= 11 is 0. The summed E-state index contributed by atoms with van der Waals surface area (Å²) in [5.41, 5.74) is -0.591. The Morgan fingerprint density at radius 1 is 1.47 bits per heavy atom. The van der Waals surface area contributed by atoms with Crippen molar-refractivity contribution in [1.82, 2.24) is 0 Å². The monoisotopic (exact) mass is 212 g/mol. The van der Waals surface area contributed by atoms with E-state index in [9.17, 15) is 4.79 Å². The predicted molar refractivity (Wildman–Crippen MR) is 61.8 cm³/mol. The van der Waals surface area contributed by atoms with Crippen LogP contribution in [0.3, 0.4) is 0 Å². The molecular weight excluding hydrogens is 188 g/mol. The van der Waals surface area contributed by atoms with Crippen LogP contribution in [0, 0.1) is 11.3 Å². The fourth-order valence-electron chi connectivity index (χ4n) is 3.41. The van der Waals surface area contributed by atoms with Crippen molar-refractivity contribution >= 4 is 5.78 Å². The Morgan fingerprint density at radius 3 is 2.47 bits per heavy atom. The number of ketones is 1. The van der Waals surface area contributed by atoms with Crippen LogP contribution < -0.4 is 0 Å².